The molecule has 0 amide bonds. The average molecular weight is 396 g/mol. The van der Waals surface area contributed by atoms with Crippen molar-refractivity contribution in [3.8, 4) is 5.75 Å². The minimum Gasteiger partial charge on any atom is -0.490 e. The zero-order valence-electron chi connectivity index (χ0n) is 10.3. The van der Waals surface area contributed by atoms with Gasteiger partial charge in [0.25, 0.3) is 0 Å². The molecule has 0 aliphatic heterocycles. The molecular formula is C14H11BrCl3NO. The second-order valence-electron chi connectivity index (χ2n) is 3.95. The molecule has 0 spiro atoms. The molecule has 0 unspecified atom stereocenters. The van der Waals surface area contributed by atoms with Crippen LogP contribution in [-0.4, -0.2) is 13.2 Å². The van der Waals surface area contributed by atoms with Gasteiger partial charge in [-0.05, 0) is 34.1 Å². The maximum atomic E-state index is 6.03. The summed E-state index contributed by atoms with van der Waals surface area (Å²) in [6.07, 6.45) is 0. The summed E-state index contributed by atoms with van der Waals surface area (Å²) in [5.74, 6) is 0.523. The fourth-order valence-electron chi connectivity index (χ4n) is 1.57. The fourth-order valence-corrected chi connectivity index (χ4v) is 2.58. The van der Waals surface area contributed by atoms with Crippen LogP contribution in [0.25, 0.3) is 0 Å². The first-order valence-corrected chi connectivity index (χ1v) is 7.76. The molecule has 0 aromatic heterocycles. The molecule has 0 heterocycles. The number of hydrogen-bond acceptors (Lipinski definition) is 2. The predicted octanol–water partition coefficient (Wildman–Crippen LogP) is 5.90. The maximum absolute atomic E-state index is 6.03. The predicted molar refractivity (Wildman–Crippen MR) is 89.6 cm³/mol. The van der Waals surface area contributed by atoms with E-state index in [2.05, 4.69) is 21.2 Å². The molecule has 20 heavy (non-hydrogen) atoms. The monoisotopic (exact) mass is 393 g/mol. The van der Waals surface area contributed by atoms with Crippen LogP contribution in [0.2, 0.25) is 15.1 Å². The van der Waals surface area contributed by atoms with Crippen LogP contribution in [0.1, 0.15) is 0 Å². The Bertz CT molecular complexity index is 607. The summed E-state index contributed by atoms with van der Waals surface area (Å²) in [7, 11) is 0. The van der Waals surface area contributed by atoms with Gasteiger partial charge in [0.2, 0.25) is 0 Å². The summed E-state index contributed by atoms with van der Waals surface area (Å²) in [4.78, 5) is 0. The summed E-state index contributed by atoms with van der Waals surface area (Å²) in [6, 6.07) is 11.1. The molecule has 6 heteroatoms. The highest BCUT2D eigenvalue weighted by atomic mass is 79.9. The Hall–Kier alpha value is -0.610. The van der Waals surface area contributed by atoms with E-state index in [0.29, 0.717) is 34.0 Å². The number of rotatable bonds is 5. The minimum absolute atomic E-state index is 0.412. The second kappa shape index (κ2) is 7.41. The first-order valence-electron chi connectivity index (χ1n) is 5.83. The Labute approximate surface area is 141 Å². The number of nitrogens with one attached hydrogen (secondary N) is 1. The molecule has 0 fully saturated rings. The third-order valence-electron chi connectivity index (χ3n) is 2.52. The van der Waals surface area contributed by atoms with E-state index < -0.39 is 0 Å². The third kappa shape index (κ3) is 4.19. The van der Waals surface area contributed by atoms with Crippen molar-refractivity contribution >= 4 is 56.4 Å². The van der Waals surface area contributed by atoms with Crippen molar-refractivity contribution in [3.05, 3.63) is 55.9 Å². The highest BCUT2D eigenvalue weighted by Crippen LogP contribution is 2.33. The van der Waals surface area contributed by atoms with Gasteiger partial charge in [0.05, 0.1) is 15.1 Å². The molecule has 0 aliphatic rings. The zero-order chi connectivity index (χ0) is 14.5. The van der Waals surface area contributed by atoms with Crippen molar-refractivity contribution < 1.29 is 4.74 Å². The zero-order valence-corrected chi connectivity index (χ0v) is 14.2. The SMILES string of the molecule is Clc1cc(Cl)c(OCCNc2ccccc2Br)cc1Cl. The lowest BCUT2D eigenvalue weighted by molar-refractivity contribution is 0.333. The van der Waals surface area contributed by atoms with Crippen LogP contribution in [-0.2, 0) is 0 Å². The van der Waals surface area contributed by atoms with Crippen LogP contribution in [0.4, 0.5) is 5.69 Å². The Morgan fingerprint density at radius 2 is 1.70 bits per heavy atom. The molecule has 0 bridgehead atoms. The van der Waals surface area contributed by atoms with E-state index in [-0.39, 0.29) is 0 Å². The van der Waals surface area contributed by atoms with Crippen LogP contribution in [0.5, 0.6) is 5.75 Å². The molecule has 1 N–H and O–H groups in total. The van der Waals surface area contributed by atoms with Gasteiger partial charge in [0.1, 0.15) is 12.4 Å². The van der Waals surface area contributed by atoms with Gasteiger partial charge >= 0.3 is 0 Å². The number of ether oxygens (including phenoxy) is 1. The van der Waals surface area contributed by atoms with Crippen molar-refractivity contribution in [2.75, 3.05) is 18.5 Å². The van der Waals surface area contributed by atoms with Crippen LogP contribution in [0.3, 0.4) is 0 Å². The number of para-hydroxylation sites is 1. The highest BCUT2D eigenvalue weighted by molar-refractivity contribution is 9.10. The molecular weight excluding hydrogens is 384 g/mol. The van der Waals surface area contributed by atoms with Crippen LogP contribution < -0.4 is 10.1 Å². The third-order valence-corrected chi connectivity index (χ3v) is 4.23. The van der Waals surface area contributed by atoms with Gasteiger partial charge in [0, 0.05) is 22.8 Å². The van der Waals surface area contributed by atoms with E-state index in [9.17, 15) is 0 Å². The van der Waals surface area contributed by atoms with Crippen LogP contribution in [0.15, 0.2) is 40.9 Å². The smallest absolute Gasteiger partial charge is 0.139 e. The van der Waals surface area contributed by atoms with E-state index in [1.807, 2.05) is 24.3 Å². The summed E-state index contributed by atoms with van der Waals surface area (Å²) in [6.45, 7) is 1.10. The molecule has 2 aromatic carbocycles. The lowest BCUT2D eigenvalue weighted by atomic mass is 10.3. The van der Waals surface area contributed by atoms with Crippen LogP contribution >= 0.6 is 50.7 Å². The van der Waals surface area contributed by atoms with Gasteiger partial charge in [0.15, 0.2) is 0 Å². The number of hydrogen-bond donors (Lipinski definition) is 1. The number of benzene rings is 2. The lowest BCUT2D eigenvalue weighted by Crippen LogP contribution is -2.11. The van der Waals surface area contributed by atoms with E-state index in [1.165, 1.54) is 0 Å². The largest absolute Gasteiger partial charge is 0.490 e. The van der Waals surface area contributed by atoms with Crippen molar-refractivity contribution in [1.82, 2.24) is 0 Å². The molecule has 2 nitrogen and oxygen atoms in total. The molecule has 0 aliphatic carbocycles. The Balaban J connectivity index is 1.88. The van der Waals surface area contributed by atoms with Gasteiger partial charge in [-0.3, -0.25) is 0 Å². The summed E-state index contributed by atoms with van der Waals surface area (Å²) >= 11 is 21.3. The minimum atomic E-state index is 0.412. The second-order valence-corrected chi connectivity index (χ2v) is 6.03. The van der Waals surface area contributed by atoms with E-state index >= 15 is 0 Å². The molecule has 106 valence electrons. The number of halogens is 4. The van der Waals surface area contributed by atoms with E-state index in [4.69, 9.17) is 39.5 Å². The molecule has 0 radical (unpaired) electrons. The Morgan fingerprint density at radius 1 is 1.00 bits per heavy atom. The lowest BCUT2D eigenvalue weighted by Gasteiger charge is -2.11. The summed E-state index contributed by atoms with van der Waals surface area (Å²) in [5.41, 5.74) is 1.01. The van der Waals surface area contributed by atoms with Crippen LogP contribution in [0, 0.1) is 0 Å². The van der Waals surface area contributed by atoms with Gasteiger partial charge < -0.3 is 10.1 Å². The first-order chi connectivity index (χ1) is 9.58. The standard InChI is InChI=1S/C14H11BrCl3NO/c15-9-3-1-2-4-13(9)19-5-6-20-14-8-11(17)10(16)7-12(14)18/h1-4,7-8,19H,5-6H2. The maximum Gasteiger partial charge on any atom is 0.139 e. The van der Waals surface area contributed by atoms with Crippen molar-refractivity contribution in [2.45, 2.75) is 0 Å². The average Bonchev–Trinajstić information content (AvgIpc) is 2.42. The molecule has 2 rings (SSSR count). The van der Waals surface area contributed by atoms with Gasteiger partial charge in [-0.2, -0.15) is 0 Å². The van der Waals surface area contributed by atoms with E-state index in [0.717, 1.165) is 10.2 Å². The molecule has 2 aromatic rings. The van der Waals surface area contributed by atoms with Crippen molar-refractivity contribution in [3.63, 3.8) is 0 Å². The quantitative estimate of drug-likeness (QED) is 0.503. The topological polar surface area (TPSA) is 21.3 Å². The fraction of sp³-hybridized carbons (Fsp3) is 0.143. The van der Waals surface area contributed by atoms with Crippen molar-refractivity contribution in [2.24, 2.45) is 0 Å². The van der Waals surface area contributed by atoms with Crippen molar-refractivity contribution in [1.29, 1.82) is 0 Å². The summed E-state index contributed by atoms with van der Waals surface area (Å²) < 4.78 is 6.59. The Morgan fingerprint density at radius 3 is 2.45 bits per heavy atom. The van der Waals surface area contributed by atoms with Gasteiger partial charge in [-0.15, -0.1) is 0 Å². The van der Waals surface area contributed by atoms with E-state index in [1.54, 1.807) is 12.1 Å². The first kappa shape index (κ1) is 15.8. The molecule has 0 saturated carbocycles. The van der Waals surface area contributed by atoms with Gasteiger partial charge in [-0.25, -0.2) is 0 Å². The van der Waals surface area contributed by atoms with Gasteiger partial charge in [-0.1, -0.05) is 46.9 Å². The molecule has 0 atom stereocenters. The normalized spacial score (nSPS) is 10.4. The molecule has 0 saturated heterocycles. The number of anilines is 1. The Kier molecular flexibility index (Phi) is 5.85. The highest BCUT2D eigenvalue weighted by Gasteiger charge is 2.07. The summed E-state index contributed by atoms with van der Waals surface area (Å²) in [5, 5.41) is 4.53.